The fourth-order valence-corrected chi connectivity index (χ4v) is 2.56. The molecule has 9 nitrogen and oxygen atoms in total. The Bertz CT molecular complexity index is 883. The Morgan fingerprint density at radius 2 is 1.83 bits per heavy atom. The van der Waals surface area contributed by atoms with Crippen molar-refractivity contribution in [1.29, 1.82) is 0 Å². The minimum Gasteiger partial charge on any atom is -0.462 e. The van der Waals surface area contributed by atoms with Crippen molar-refractivity contribution < 1.29 is 24.0 Å². The average Bonchev–Trinajstić information content (AvgIpc) is 2.74. The zero-order chi connectivity index (χ0) is 21.9. The van der Waals surface area contributed by atoms with Crippen molar-refractivity contribution in [2.75, 3.05) is 37.5 Å². The summed E-state index contributed by atoms with van der Waals surface area (Å²) in [5.41, 5.74) is 1.21. The number of carbonyl (C=O) groups excluding carboxylic acids is 2. The number of nitrogens with one attached hydrogen (secondary N) is 2. The number of hydrogen-bond acceptors (Lipinski definition) is 7. The molecule has 0 heterocycles. The summed E-state index contributed by atoms with van der Waals surface area (Å²) in [5, 5.41) is 16.8. The summed E-state index contributed by atoms with van der Waals surface area (Å²) in [5.74, 6) is -0.943. The second kappa shape index (κ2) is 11.5. The predicted molar refractivity (Wildman–Crippen MR) is 113 cm³/mol. The molecule has 0 aliphatic rings. The molecule has 160 valence electrons. The predicted octanol–water partition coefficient (Wildman–Crippen LogP) is 3.86. The molecule has 0 saturated heterocycles. The van der Waals surface area contributed by atoms with E-state index in [1.54, 1.807) is 31.4 Å². The molecule has 0 radical (unpaired) electrons. The van der Waals surface area contributed by atoms with Crippen LogP contribution in [0.5, 0.6) is 0 Å². The highest BCUT2D eigenvalue weighted by molar-refractivity contribution is 6.08. The van der Waals surface area contributed by atoms with E-state index < -0.39 is 16.8 Å². The van der Waals surface area contributed by atoms with E-state index in [2.05, 4.69) is 10.6 Å². The molecule has 0 aliphatic heterocycles. The molecule has 2 aromatic rings. The van der Waals surface area contributed by atoms with Crippen LogP contribution in [-0.4, -0.2) is 43.7 Å². The van der Waals surface area contributed by atoms with E-state index in [1.165, 1.54) is 18.2 Å². The van der Waals surface area contributed by atoms with Crippen LogP contribution in [0.4, 0.5) is 17.1 Å². The van der Waals surface area contributed by atoms with Crippen LogP contribution in [0.15, 0.2) is 42.5 Å². The maximum atomic E-state index is 12.7. The van der Waals surface area contributed by atoms with E-state index in [0.29, 0.717) is 36.7 Å². The number of ether oxygens (including phenoxy) is 2. The third-order valence-electron chi connectivity index (χ3n) is 4.19. The maximum Gasteiger partial charge on any atom is 0.338 e. The van der Waals surface area contributed by atoms with Crippen LogP contribution in [0.1, 0.15) is 40.5 Å². The summed E-state index contributed by atoms with van der Waals surface area (Å²) >= 11 is 0. The molecule has 2 N–H and O–H groups in total. The molecular formula is C21H25N3O6. The molecule has 2 aromatic carbocycles. The van der Waals surface area contributed by atoms with Gasteiger partial charge >= 0.3 is 5.97 Å². The van der Waals surface area contributed by atoms with Crippen molar-refractivity contribution in [2.24, 2.45) is 0 Å². The van der Waals surface area contributed by atoms with Gasteiger partial charge in [0.1, 0.15) is 0 Å². The number of non-ortho nitro benzene ring substituents is 1. The van der Waals surface area contributed by atoms with Crippen LogP contribution in [0.2, 0.25) is 0 Å². The van der Waals surface area contributed by atoms with Crippen LogP contribution >= 0.6 is 0 Å². The fraction of sp³-hybridized carbons (Fsp3) is 0.333. The molecule has 30 heavy (non-hydrogen) atoms. The summed E-state index contributed by atoms with van der Waals surface area (Å²) in [6, 6.07) is 10.3. The van der Waals surface area contributed by atoms with Gasteiger partial charge in [-0.3, -0.25) is 14.9 Å². The Morgan fingerprint density at radius 3 is 2.47 bits per heavy atom. The lowest BCUT2D eigenvalue weighted by atomic mass is 10.1. The number of benzene rings is 2. The molecule has 0 fully saturated rings. The molecule has 0 atom stereocenters. The molecule has 2 rings (SSSR count). The number of amides is 1. The minimum atomic E-state index is -0.561. The van der Waals surface area contributed by atoms with E-state index in [1.807, 2.05) is 6.92 Å². The van der Waals surface area contributed by atoms with Crippen molar-refractivity contribution in [1.82, 2.24) is 0 Å². The van der Waals surface area contributed by atoms with Crippen molar-refractivity contribution in [3.8, 4) is 0 Å². The Balaban J connectivity index is 2.13. The Kier molecular flexibility index (Phi) is 8.76. The molecule has 0 saturated carbocycles. The maximum absolute atomic E-state index is 12.7. The molecular weight excluding hydrogens is 390 g/mol. The lowest BCUT2D eigenvalue weighted by molar-refractivity contribution is -0.384. The van der Waals surface area contributed by atoms with Gasteiger partial charge in [-0.05, 0) is 36.8 Å². The van der Waals surface area contributed by atoms with E-state index >= 15 is 0 Å². The van der Waals surface area contributed by atoms with E-state index in [-0.39, 0.29) is 11.3 Å². The summed E-state index contributed by atoms with van der Waals surface area (Å²) < 4.78 is 10.1. The zero-order valence-electron chi connectivity index (χ0n) is 17.0. The van der Waals surface area contributed by atoms with Gasteiger partial charge in [0, 0.05) is 37.2 Å². The number of unbranched alkanes of at least 4 members (excludes halogenated alkanes) is 1. The second-order valence-corrected chi connectivity index (χ2v) is 6.43. The fourth-order valence-electron chi connectivity index (χ4n) is 2.56. The molecule has 0 bridgehead atoms. The van der Waals surface area contributed by atoms with Gasteiger partial charge in [0.15, 0.2) is 0 Å². The van der Waals surface area contributed by atoms with Crippen LogP contribution in [0.25, 0.3) is 0 Å². The molecule has 0 spiro atoms. The van der Waals surface area contributed by atoms with Crippen LogP contribution in [-0.2, 0) is 9.47 Å². The van der Waals surface area contributed by atoms with Crippen molar-refractivity contribution >= 4 is 28.9 Å². The summed E-state index contributed by atoms with van der Waals surface area (Å²) in [4.78, 5) is 35.2. The van der Waals surface area contributed by atoms with Gasteiger partial charge in [0.05, 0.1) is 29.3 Å². The third kappa shape index (κ3) is 6.56. The van der Waals surface area contributed by atoms with Gasteiger partial charge < -0.3 is 20.1 Å². The number of carbonyl (C=O) groups is 2. The lowest BCUT2D eigenvalue weighted by Crippen LogP contribution is -2.17. The number of rotatable bonds is 11. The number of nitrogens with zero attached hydrogens (tertiary/aromatic N) is 1. The molecule has 0 aromatic heterocycles. The molecule has 0 aliphatic carbocycles. The lowest BCUT2D eigenvalue weighted by Gasteiger charge is -2.12. The van der Waals surface area contributed by atoms with Gasteiger partial charge in [-0.15, -0.1) is 0 Å². The number of esters is 1. The Hall–Kier alpha value is -3.46. The highest BCUT2D eigenvalue weighted by Gasteiger charge is 2.17. The summed E-state index contributed by atoms with van der Waals surface area (Å²) in [6.45, 7) is 3.21. The summed E-state index contributed by atoms with van der Waals surface area (Å²) in [6.07, 6.45) is 1.72. The topological polar surface area (TPSA) is 120 Å². The molecule has 1 amide bonds. The summed E-state index contributed by atoms with van der Waals surface area (Å²) in [7, 11) is 1.55. The van der Waals surface area contributed by atoms with Crippen LogP contribution in [0, 0.1) is 10.1 Å². The highest BCUT2D eigenvalue weighted by atomic mass is 16.6. The van der Waals surface area contributed by atoms with Gasteiger partial charge in [-0.1, -0.05) is 13.3 Å². The second-order valence-electron chi connectivity index (χ2n) is 6.43. The Morgan fingerprint density at radius 1 is 1.10 bits per heavy atom. The van der Waals surface area contributed by atoms with Gasteiger partial charge in [-0.25, -0.2) is 4.79 Å². The van der Waals surface area contributed by atoms with Crippen LogP contribution < -0.4 is 10.6 Å². The van der Waals surface area contributed by atoms with E-state index in [0.717, 1.165) is 12.8 Å². The smallest absolute Gasteiger partial charge is 0.338 e. The molecule has 0 unspecified atom stereocenters. The van der Waals surface area contributed by atoms with Crippen LogP contribution in [0.3, 0.4) is 0 Å². The number of nitro benzene ring substituents is 1. The standard InChI is InChI=1S/C21H25N3O6/c1-3-4-12-30-21(26)15-5-7-16(8-6-15)23-20(25)18-14-17(24(27)28)9-10-19(18)22-11-13-29-2/h5-10,14,22H,3-4,11-13H2,1-2H3,(H,23,25). The highest BCUT2D eigenvalue weighted by Crippen LogP contribution is 2.23. The monoisotopic (exact) mass is 415 g/mol. The van der Waals surface area contributed by atoms with Crippen molar-refractivity contribution in [2.45, 2.75) is 19.8 Å². The largest absolute Gasteiger partial charge is 0.462 e. The van der Waals surface area contributed by atoms with E-state index in [9.17, 15) is 19.7 Å². The first-order valence-corrected chi connectivity index (χ1v) is 9.56. The number of hydrogen-bond donors (Lipinski definition) is 2. The quantitative estimate of drug-likeness (QED) is 0.247. The van der Waals surface area contributed by atoms with Crippen molar-refractivity contribution in [3.63, 3.8) is 0 Å². The Labute approximate surface area is 174 Å². The van der Waals surface area contributed by atoms with Gasteiger partial charge in [0.2, 0.25) is 0 Å². The first-order chi connectivity index (χ1) is 14.5. The normalized spacial score (nSPS) is 10.3. The first kappa shape index (κ1) is 22.8. The number of anilines is 2. The van der Waals surface area contributed by atoms with Crippen molar-refractivity contribution in [3.05, 3.63) is 63.7 Å². The molecule has 9 heteroatoms. The third-order valence-corrected chi connectivity index (χ3v) is 4.19. The SMILES string of the molecule is CCCCOC(=O)c1ccc(NC(=O)c2cc([N+](=O)[O-])ccc2NCCOC)cc1. The minimum absolute atomic E-state index is 0.128. The number of methoxy groups -OCH3 is 1. The zero-order valence-corrected chi connectivity index (χ0v) is 17.0. The first-order valence-electron chi connectivity index (χ1n) is 9.56. The van der Waals surface area contributed by atoms with Gasteiger partial charge in [0.25, 0.3) is 11.6 Å². The average molecular weight is 415 g/mol. The number of nitro groups is 1. The van der Waals surface area contributed by atoms with E-state index in [4.69, 9.17) is 9.47 Å². The van der Waals surface area contributed by atoms with Gasteiger partial charge in [-0.2, -0.15) is 0 Å².